The van der Waals surface area contributed by atoms with E-state index in [0.29, 0.717) is 0 Å². The van der Waals surface area contributed by atoms with Crippen molar-refractivity contribution in [3.8, 4) is 0 Å². The summed E-state index contributed by atoms with van der Waals surface area (Å²) in [5.74, 6) is 0. The highest BCUT2D eigenvalue weighted by Gasteiger charge is 2.53. The topological polar surface area (TPSA) is 18.3 Å². The van der Waals surface area contributed by atoms with Crippen molar-refractivity contribution in [2.24, 2.45) is 0 Å². The molecule has 2 aliphatic heterocycles. The maximum Gasteiger partial charge on any atom is 0.216 e. The van der Waals surface area contributed by atoms with Crippen molar-refractivity contribution in [3.05, 3.63) is 0 Å². The first-order chi connectivity index (χ1) is 4.73. The maximum absolute atomic E-state index is 3.35. The molecule has 2 rings (SSSR count). The molecule has 2 unspecified atom stereocenters. The fourth-order valence-corrected chi connectivity index (χ4v) is 1.50. The molecule has 4 nitrogen and oxygen atoms in total. The molecule has 0 spiro atoms. The number of nitrogens with one attached hydrogen (secondary N) is 1. The van der Waals surface area contributed by atoms with Gasteiger partial charge in [-0.1, -0.05) is 10.1 Å². The minimum absolute atomic E-state index is 0.958. The predicted molar refractivity (Wildman–Crippen MR) is 38.1 cm³/mol. The lowest BCUT2D eigenvalue weighted by Gasteiger charge is -2.21. The molecular weight excluding hydrogens is 128 g/mol. The van der Waals surface area contributed by atoms with Gasteiger partial charge in [-0.2, -0.15) is 0 Å². The highest BCUT2D eigenvalue weighted by atomic mass is 16.2. The van der Waals surface area contributed by atoms with E-state index in [1.165, 1.54) is 13.0 Å². The van der Waals surface area contributed by atoms with E-state index in [4.69, 9.17) is 0 Å². The van der Waals surface area contributed by atoms with Crippen LogP contribution in [0, 0.1) is 0 Å². The standard InChI is InChI=1S/C6H15N4/c1-8-6-10(8,2)9-5-3-4-7-9/h7H,3-6H2,1-2H3/q+1. The van der Waals surface area contributed by atoms with Crippen LogP contribution >= 0.6 is 0 Å². The van der Waals surface area contributed by atoms with Gasteiger partial charge >= 0.3 is 0 Å². The molecule has 1 N–H and O–H groups in total. The fraction of sp³-hybridized carbons (Fsp3) is 1.00. The van der Waals surface area contributed by atoms with E-state index in [0.717, 1.165) is 17.9 Å². The van der Waals surface area contributed by atoms with Crippen LogP contribution < -0.4 is 5.43 Å². The Morgan fingerprint density at radius 2 is 2.20 bits per heavy atom. The van der Waals surface area contributed by atoms with Crippen LogP contribution in [0.25, 0.3) is 0 Å². The summed E-state index contributed by atoms with van der Waals surface area (Å²) < 4.78 is 0.958. The third-order valence-electron chi connectivity index (χ3n) is 2.48. The van der Waals surface area contributed by atoms with Gasteiger partial charge in [0.1, 0.15) is 7.05 Å². The second kappa shape index (κ2) is 1.92. The zero-order valence-corrected chi connectivity index (χ0v) is 6.67. The first kappa shape index (κ1) is 6.54. The Hall–Kier alpha value is -0.160. The molecule has 2 aliphatic rings. The van der Waals surface area contributed by atoms with Crippen LogP contribution in [0.15, 0.2) is 0 Å². The summed E-state index contributed by atoms with van der Waals surface area (Å²) in [5, 5.41) is 4.58. The van der Waals surface area contributed by atoms with Crippen molar-refractivity contribution in [1.29, 1.82) is 0 Å². The van der Waals surface area contributed by atoms with Crippen molar-refractivity contribution in [3.63, 3.8) is 0 Å². The molecule has 2 heterocycles. The second-order valence-electron chi connectivity index (χ2n) is 3.27. The van der Waals surface area contributed by atoms with Crippen molar-refractivity contribution in [1.82, 2.24) is 15.6 Å². The number of hydrogen-bond donors (Lipinski definition) is 1. The fourth-order valence-electron chi connectivity index (χ4n) is 1.50. The Kier molecular flexibility index (Phi) is 1.25. The first-order valence-electron chi connectivity index (χ1n) is 3.82. The highest BCUT2D eigenvalue weighted by Crippen LogP contribution is 2.26. The number of hydrogen-bond acceptors (Lipinski definition) is 3. The molecule has 2 fully saturated rings. The van der Waals surface area contributed by atoms with Gasteiger partial charge in [0.05, 0.1) is 6.54 Å². The third-order valence-corrected chi connectivity index (χ3v) is 2.48. The van der Waals surface area contributed by atoms with Crippen LogP contribution in [0.2, 0.25) is 0 Å². The Morgan fingerprint density at radius 3 is 2.60 bits per heavy atom. The number of rotatable bonds is 1. The number of nitrogens with zero attached hydrogens (tertiary/aromatic N) is 3. The van der Waals surface area contributed by atoms with E-state index in [2.05, 4.69) is 29.6 Å². The minimum atomic E-state index is 0.958. The van der Waals surface area contributed by atoms with E-state index in [1.54, 1.807) is 0 Å². The van der Waals surface area contributed by atoms with Crippen molar-refractivity contribution < 1.29 is 4.70 Å². The van der Waals surface area contributed by atoms with E-state index < -0.39 is 0 Å². The van der Waals surface area contributed by atoms with Gasteiger partial charge < -0.3 is 0 Å². The van der Waals surface area contributed by atoms with Crippen molar-refractivity contribution in [2.45, 2.75) is 6.42 Å². The number of hydrazine groups is 1. The van der Waals surface area contributed by atoms with E-state index in [1.807, 2.05) is 0 Å². The van der Waals surface area contributed by atoms with Gasteiger partial charge in [0.25, 0.3) is 0 Å². The number of quaternary nitrogens is 1. The molecular formula is C6H15N4+. The molecule has 4 heteroatoms. The molecule has 0 aliphatic carbocycles. The van der Waals surface area contributed by atoms with Gasteiger partial charge in [-0.05, 0) is 6.42 Å². The lowest BCUT2D eigenvalue weighted by atomic mass is 10.5. The zero-order valence-electron chi connectivity index (χ0n) is 6.67. The van der Waals surface area contributed by atoms with Crippen LogP contribution in [-0.4, -0.2) is 48.7 Å². The largest absolute Gasteiger partial charge is 0.216 e. The Bertz CT molecular complexity index is 143. The molecule has 0 aromatic carbocycles. The van der Waals surface area contributed by atoms with Gasteiger partial charge in [0.2, 0.25) is 6.67 Å². The minimum Gasteiger partial charge on any atom is -0.208 e. The summed E-state index contributed by atoms with van der Waals surface area (Å²) >= 11 is 0. The van der Waals surface area contributed by atoms with Gasteiger partial charge in [0.15, 0.2) is 0 Å². The molecule has 0 saturated carbocycles. The van der Waals surface area contributed by atoms with Crippen LogP contribution in [0.4, 0.5) is 0 Å². The van der Waals surface area contributed by atoms with Crippen LogP contribution in [0.5, 0.6) is 0 Å². The molecule has 10 heavy (non-hydrogen) atoms. The smallest absolute Gasteiger partial charge is 0.208 e. The van der Waals surface area contributed by atoms with Crippen molar-refractivity contribution in [2.75, 3.05) is 33.9 Å². The predicted octanol–water partition coefficient (Wildman–Crippen LogP) is -0.624. The van der Waals surface area contributed by atoms with Crippen LogP contribution in [0.3, 0.4) is 0 Å². The Labute approximate surface area is 61.5 Å². The second-order valence-corrected chi connectivity index (χ2v) is 3.27. The summed E-state index contributed by atoms with van der Waals surface area (Å²) in [5.41, 5.74) is 3.35. The van der Waals surface area contributed by atoms with Gasteiger partial charge in [-0.15, -0.1) is 4.70 Å². The lowest BCUT2D eigenvalue weighted by molar-refractivity contribution is -0.970. The van der Waals surface area contributed by atoms with E-state index in [-0.39, 0.29) is 0 Å². The molecule has 0 amide bonds. The Balaban J connectivity index is 1.99. The summed E-state index contributed by atoms with van der Waals surface area (Å²) in [6.07, 6.45) is 1.28. The third kappa shape index (κ3) is 0.769. The molecule has 0 aromatic rings. The van der Waals surface area contributed by atoms with Crippen molar-refractivity contribution >= 4 is 0 Å². The summed E-state index contributed by atoms with van der Waals surface area (Å²) in [6, 6.07) is 0. The first-order valence-corrected chi connectivity index (χ1v) is 3.82. The zero-order chi connectivity index (χ0) is 7.19. The molecule has 0 bridgehead atoms. The molecule has 0 radical (unpaired) electrons. The average molecular weight is 143 g/mol. The maximum atomic E-state index is 3.35. The summed E-state index contributed by atoms with van der Waals surface area (Å²) in [4.78, 5) is 0. The molecule has 58 valence electrons. The molecule has 0 aromatic heterocycles. The lowest BCUT2D eigenvalue weighted by Crippen LogP contribution is -2.49. The molecule has 2 atom stereocenters. The van der Waals surface area contributed by atoms with Crippen LogP contribution in [-0.2, 0) is 0 Å². The van der Waals surface area contributed by atoms with E-state index in [9.17, 15) is 0 Å². The molecule has 2 saturated heterocycles. The van der Waals surface area contributed by atoms with Gasteiger partial charge in [0, 0.05) is 13.6 Å². The Morgan fingerprint density at radius 1 is 1.50 bits per heavy atom. The van der Waals surface area contributed by atoms with Crippen LogP contribution in [0.1, 0.15) is 6.42 Å². The van der Waals surface area contributed by atoms with E-state index >= 15 is 0 Å². The normalized spacial score (nSPS) is 48.0. The van der Waals surface area contributed by atoms with Gasteiger partial charge in [-0.25, -0.2) is 5.43 Å². The SMILES string of the molecule is CN1C[N+]1(C)N1CCCN1. The quantitative estimate of drug-likeness (QED) is 0.389. The van der Waals surface area contributed by atoms with Gasteiger partial charge in [-0.3, -0.25) is 0 Å². The summed E-state index contributed by atoms with van der Waals surface area (Å²) in [6.45, 7) is 3.47. The monoisotopic (exact) mass is 143 g/mol. The summed E-state index contributed by atoms with van der Waals surface area (Å²) in [7, 11) is 4.36. The average Bonchev–Trinajstić information content (AvgIpc) is 2.35. The highest BCUT2D eigenvalue weighted by molar-refractivity contribution is 4.55.